The number of aliphatic hydroxyl groups excluding tert-OH is 1. The van der Waals surface area contributed by atoms with Crippen LogP contribution < -0.4 is 0 Å². The van der Waals surface area contributed by atoms with Crippen LogP contribution in [0, 0.1) is 30.7 Å². The summed E-state index contributed by atoms with van der Waals surface area (Å²) in [6, 6.07) is 25.5. The minimum absolute atomic E-state index is 0. The normalized spacial score (nSPS) is 12.6. The molecule has 0 amide bonds. The number of rotatable bonds is 9. The standard InChI is InChI=1S/C31H26NS2.C15H28O2.Ir/c1-18-22-11-8-9-13-26(22)33-28(18)29-19(2)23-14-15-32-27(30(23)34-29)21-16-20-10-6-7-12-24(20)25(17-21)31(3,4)5;1-7-14(5,8-2)12(16)11-13(17)15(6,9-3)10-4;/h6-15,17H,1-5H3;11,16H,7-10H2,1-6H3;/q-1;;/b;12-11-;. The van der Waals surface area contributed by atoms with E-state index in [1.165, 1.54) is 58.1 Å². The maximum atomic E-state index is 12.2. The molecule has 277 valence electrons. The van der Waals surface area contributed by atoms with Crippen LogP contribution >= 0.6 is 22.7 Å². The number of benzene rings is 3. The van der Waals surface area contributed by atoms with Gasteiger partial charge in [-0.25, -0.2) is 0 Å². The van der Waals surface area contributed by atoms with Crippen LogP contribution in [0.3, 0.4) is 0 Å². The molecule has 0 atom stereocenters. The number of carbonyl (C=O) groups excluding carboxylic acids is 1. The van der Waals surface area contributed by atoms with Crippen molar-refractivity contribution >= 4 is 59.4 Å². The number of aromatic nitrogens is 1. The molecule has 0 bridgehead atoms. The third-order valence-corrected chi connectivity index (χ3v) is 14.1. The summed E-state index contributed by atoms with van der Waals surface area (Å²) in [6.07, 6.45) is 6.71. The number of thiophene rings is 2. The van der Waals surface area contributed by atoms with Gasteiger partial charge in [0.15, 0.2) is 5.78 Å². The molecular formula is C46H54IrNO2S2-. The largest absolute Gasteiger partial charge is 0.512 e. The van der Waals surface area contributed by atoms with E-state index in [4.69, 9.17) is 4.98 Å². The molecule has 6 rings (SSSR count). The van der Waals surface area contributed by atoms with Crippen LogP contribution in [0.1, 0.15) is 105 Å². The number of aryl methyl sites for hydroxylation is 2. The van der Waals surface area contributed by atoms with Gasteiger partial charge < -0.3 is 5.11 Å². The molecule has 0 aliphatic rings. The molecule has 1 radical (unpaired) electrons. The molecule has 6 heteroatoms. The minimum atomic E-state index is -0.337. The molecule has 0 aliphatic heterocycles. The Morgan fingerprint density at radius 1 is 0.769 bits per heavy atom. The fourth-order valence-electron chi connectivity index (χ4n) is 6.61. The Hall–Kier alpha value is -3.15. The van der Waals surface area contributed by atoms with Crippen molar-refractivity contribution in [3.05, 3.63) is 101 Å². The second-order valence-corrected chi connectivity index (χ2v) is 17.5. The molecule has 0 aliphatic carbocycles. The van der Waals surface area contributed by atoms with E-state index in [0.717, 1.165) is 42.3 Å². The van der Waals surface area contributed by atoms with Crippen LogP contribution in [-0.2, 0) is 30.3 Å². The van der Waals surface area contributed by atoms with Gasteiger partial charge in [-0.05, 0) is 79.0 Å². The summed E-state index contributed by atoms with van der Waals surface area (Å²) < 4.78 is 2.60. The van der Waals surface area contributed by atoms with E-state index in [1.807, 2.05) is 70.4 Å². The van der Waals surface area contributed by atoms with E-state index in [9.17, 15) is 9.90 Å². The van der Waals surface area contributed by atoms with Gasteiger partial charge in [-0.15, -0.1) is 51.8 Å². The second kappa shape index (κ2) is 16.5. The Labute approximate surface area is 333 Å². The van der Waals surface area contributed by atoms with Gasteiger partial charge in [-0.1, -0.05) is 110 Å². The molecule has 3 nitrogen and oxygen atoms in total. The number of fused-ring (bicyclic) bond motifs is 3. The smallest absolute Gasteiger partial charge is 0.164 e. The summed E-state index contributed by atoms with van der Waals surface area (Å²) in [5.41, 5.74) is 5.59. The van der Waals surface area contributed by atoms with Crippen molar-refractivity contribution in [2.24, 2.45) is 10.8 Å². The molecule has 0 saturated heterocycles. The first kappa shape index (κ1) is 41.6. The quantitative estimate of drug-likeness (QED) is 0.0893. The van der Waals surface area contributed by atoms with Gasteiger partial charge in [-0.3, -0.25) is 9.78 Å². The van der Waals surface area contributed by atoms with Crippen molar-refractivity contribution in [3.8, 4) is 21.0 Å². The molecule has 0 saturated carbocycles. The second-order valence-electron chi connectivity index (χ2n) is 15.5. The fraction of sp³-hybridized carbons (Fsp3) is 0.391. The Bertz CT molecular complexity index is 2220. The van der Waals surface area contributed by atoms with Crippen molar-refractivity contribution in [1.82, 2.24) is 4.98 Å². The molecular weight excluding hydrogens is 855 g/mol. The summed E-state index contributed by atoms with van der Waals surface area (Å²) in [4.78, 5) is 19.8. The van der Waals surface area contributed by atoms with Crippen molar-refractivity contribution in [2.45, 2.75) is 107 Å². The first-order valence-corrected chi connectivity index (χ1v) is 20.0. The number of aliphatic hydroxyl groups is 1. The minimum Gasteiger partial charge on any atom is -0.512 e. The van der Waals surface area contributed by atoms with Gasteiger partial charge in [0.25, 0.3) is 0 Å². The Balaban J connectivity index is 0.000000289. The van der Waals surface area contributed by atoms with Gasteiger partial charge in [0.2, 0.25) is 0 Å². The van der Waals surface area contributed by atoms with Gasteiger partial charge in [0.1, 0.15) is 5.76 Å². The predicted octanol–water partition coefficient (Wildman–Crippen LogP) is 14.4. The number of hydrogen-bond acceptors (Lipinski definition) is 5. The topological polar surface area (TPSA) is 50.2 Å². The predicted molar refractivity (Wildman–Crippen MR) is 223 cm³/mol. The SMILES string of the molecule is CCC(C)(CC)C(=O)/C=C(\O)C(C)(CC)CC.Cc1c(-c2sc3c(-c4[c-]c5ccccc5c(C(C)(C)C)c4)nccc3c2C)sc2ccccc12.[Ir]. The Kier molecular flexibility index (Phi) is 13.2. The molecule has 52 heavy (non-hydrogen) atoms. The number of nitrogens with zero attached hydrogens (tertiary/aromatic N) is 1. The third-order valence-electron chi connectivity index (χ3n) is 11.3. The van der Waals surface area contributed by atoms with E-state index in [0.29, 0.717) is 0 Å². The number of carbonyl (C=O) groups is 1. The Morgan fingerprint density at radius 3 is 1.92 bits per heavy atom. The zero-order valence-corrected chi connectivity index (χ0v) is 36.7. The number of hydrogen-bond donors (Lipinski definition) is 1. The van der Waals surface area contributed by atoms with Crippen LogP contribution in [0.25, 0.3) is 52.0 Å². The first-order chi connectivity index (χ1) is 24.1. The number of allylic oxidation sites excluding steroid dienone is 2. The van der Waals surface area contributed by atoms with Crippen LogP contribution in [0.2, 0.25) is 0 Å². The first-order valence-electron chi connectivity index (χ1n) is 18.4. The maximum absolute atomic E-state index is 12.2. The van der Waals surface area contributed by atoms with Crippen LogP contribution in [0.5, 0.6) is 0 Å². The van der Waals surface area contributed by atoms with E-state index in [1.54, 1.807) is 0 Å². The van der Waals surface area contributed by atoms with Gasteiger partial charge in [0.05, 0.1) is 0 Å². The average Bonchev–Trinajstić information content (AvgIpc) is 3.65. The van der Waals surface area contributed by atoms with E-state index >= 15 is 0 Å². The van der Waals surface area contributed by atoms with Crippen LogP contribution in [0.4, 0.5) is 0 Å². The van der Waals surface area contributed by atoms with E-state index in [2.05, 4.69) is 101 Å². The van der Waals surface area contributed by atoms with Crippen LogP contribution in [0.15, 0.2) is 78.7 Å². The summed E-state index contributed by atoms with van der Waals surface area (Å²) in [7, 11) is 0. The number of pyridine rings is 1. The Morgan fingerprint density at radius 2 is 1.33 bits per heavy atom. The molecule has 6 aromatic rings. The summed E-state index contributed by atoms with van der Waals surface area (Å²) >= 11 is 3.77. The van der Waals surface area contributed by atoms with Crippen molar-refractivity contribution in [3.63, 3.8) is 0 Å². The molecule has 0 spiro atoms. The summed E-state index contributed by atoms with van der Waals surface area (Å²) in [5, 5.41) is 15.2. The van der Waals surface area contributed by atoms with Gasteiger partial charge in [-0.2, -0.15) is 0 Å². The monoisotopic (exact) mass is 909 g/mol. The summed E-state index contributed by atoms with van der Waals surface area (Å²) in [6.45, 7) is 23.4. The molecule has 3 aromatic heterocycles. The van der Waals surface area contributed by atoms with Crippen molar-refractivity contribution < 1.29 is 30.0 Å². The maximum Gasteiger partial charge on any atom is 0.164 e. The zero-order valence-electron chi connectivity index (χ0n) is 32.7. The third kappa shape index (κ3) is 8.02. The van der Waals surface area contributed by atoms with E-state index in [-0.39, 0.29) is 47.9 Å². The molecule has 0 fully saturated rings. The molecule has 0 unspecified atom stereocenters. The average molecular weight is 909 g/mol. The zero-order chi connectivity index (χ0) is 37.3. The number of ketones is 1. The fourth-order valence-corrected chi connectivity index (χ4v) is 9.37. The van der Waals surface area contributed by atoms with Gasteiger partial charge >= 0.3 is 0 Å². The molecule has 3 heterocycles. The van der Waals surface area contributed by atoms with Crippen molar-refractivity contribution in [2.75, 3.05) is 0 Å². The van der Waals surface area contributed by atoms with Crippen LogP contribution in [-0.4, -0.2) is 15.9 Å². The van der Waals surface area contributed by atoms with E-state index < -0.39 is 0 Å². The molecule has 3 aromatic carbocycles. The summed E-state index contributed by atoms with van der Waals surface area (Å²) in [5.74, 6) is 0.286. The molecule has 1 N–H and O–H groups in total. The van der Waals surface area contributed by atoms with Crippen molar-refractivity contribution in [1.29, 1.82) is 0 Å². The van der Waals surface area contributed by atoms with Gasteiger partial charge in [0, 0.05) is 68.1 Å².